The zero-order valence-electron chi connectivity index (χ0n) is 11.9. The summed E-state index contributed by atoms with van der Waals surface area (Å²) >= 11 is 1.41. The number of hydrogen-bond acceptors (Lipinski definition) is 4. The van der Waals surface area contributed by atoms with Gasteiger partial charge in [-0.15, -0.1) is 11.8 Å². The van der Waals surface area contributed by atoms with Crippen LogP contribution in [0, 0.1) is 5.82 Å². The SMILES string of the molecule is CN(C)CCN(CCSc1ccccc1F)CC(=O)O. The van der Waals surface area contributed by atoms with E-state index < -0.39 is 5.97 Å². The Morgan fingerprint density at radius 3 is 2.55 bits per heavy atom. The molecule has 0 atom stereocenters. The molecule has 6 heteroatoms. The Morgan fingerprint density at radius 1 is 1.25 bits per heavy atom. The van der Waals surface area contributed by atoms with Gasteiger partial charge in [0.25, 0.3) is 0 Å². The summed E-state index contributed by atoms with van der Waals surface area (Å²) < 4.78 is 13.4. The van der Waals surface area contributed by atoms with Crippen LogP contribution in [-0.4, -0.2) is 66.9 Å². The number of aliphatic carboxylic acids is 1. The number of rotatable bonds is 9. The number of carboxylic acids is 1. The Kier molecular flexibility index (Phi) is 7.58. The van der Waals surface area contributed by atoms with Gasteiger partial charge in [0, 0.05) is 30.3 Å². The number of hydrogen-bond donors (Lipinski definition) is 1. The van der Waals surface area contributed by atoms with Crippen molar-refractivity contribution >= 4 is 17.7 Å². The normalized spacial score (nSPS) is 11.2. The van der Waals surface area contributed by atoms with Crippen molar-refractivity contribution < 1.29 is 14.3 Å². The predicted molar refractivity (Wildman–Crippen MR) is 79.8 cm³/mol. The molecule has 1 N–H and O–H groups in total. The van der Waals surface area contributed by atoms with Crippen molar-refractivity contribution in [1.82, 2.24) is 9.80 Å². The summed E-state index contributed by atoms with van der Waals surface area (Å²) in [6.45, 7) is 2.14. The standard InChI is InChI=1S/C14H21FN2O2S/c1-16(2)7-8-17(11-14(18)19)9-10-20-13-6-4-3-5-12(13)15/h3-6H,7-11H2,1-2H3,(H,18,19). The highest BCUT2D eigenvalue weighted by Gasteiger charge is 2.10. The van der Waals surface area contributed by atoms with Crippen molar-refractivity contribution in [3.8, 4) is 0 Å². The molecule has 0 amide bonds. The van der Waals surface area contributed by atoms with Crippen molar-refractivity contribution in [1.29, 1.82) is 0 Å². The molecule has 0 aliphatic carbocycles. The third-order valence-electron chi connectivity index (χ3n) is 2.72. The Morgan fingerprint density at radius 2 is 1.95 bits per heavy atom. The zero-order chi connectivity index (χ0) is 15.0. The summed E-state index contributed by atoms with van der Waals surface area (Å²) in [4.78, 5) is 15.3. The third-order valence-corrected chi connectivity index (χ3v) is 3.75. The fourth-order valence-electron chi connectivity index (χ4n) is 1.65. The third kappa shape index (κ3) is 6.88. The van der Waals surface area contributed by atoms with E-state index in [1.165, 1.54) is 17.8 Å². The summed E-state index contributed by atoms with van der Waals surface area (Å²) in [5.74, 6) is -0.392. The Balaban J connectivity index is 2.41. The van der Waals surface area contributed by atoms with Gasteiger partial charge in [-0.25, -0.2) is 4.39 Å². The summed E-state index contributed by atoms with van der Waals surface area (Å²) in [7, 11) is 3.90. The van der Waals surface area contributed by atoms with Gasteiger partial charge in [0.1, 0.15) is 5.82 Å². The monoisotopic (exact) mass is 300 g/mol. The molecule has 20 heavy (non-hydrogen) atoms. The highest BCUT2D eigenvalue weighted by atomic mass is 32.2. The lowest BCUT2D eigenvalue weighted by molar-refractivity contribution is -0.138. The highest BCUT2D eigenvalue weighted by Crippen LogP contribution is 2.20. The van der Waals surface area contributed by atoms with E-state index in [1.54, 1.807) is 18.2 Å². The minimum absolute atomic E-state index is 0.0195. The first-order valence-corrected chi connectivity index (χ1v) is 7.44. The van der Waals surface area contributed by atoms with Crippen LogP contribution < -0.4 is 0 Å². The van der Waals surface area contributed by atoms with Gasteiger partial charge in [0.15, 0.2) is 0 Å². The van der Waals surface area contributed by atoms with Gasteiger partial charge in [-0.3, -0.25) is 9.69 Å². The molecule has 0 bridgehead atoms. The average molecular weight is 300 g/mol. The van der Waals surface area contributed by atoms with E-state index in [0.29, 0.717) is 23.7 Å². The molecule has 0 aromatic heterocycles. The highest BCUT2D eigenvalue weighted by molar-refractivity contribution is 7.99. The number of carboxylic acid groups (broad SMARTS) is 1. The van der Waals surface area contributed by atoms with Crippen LogP contribution in [0.25, 0.3) is 0 Å². The molecule has 1 rings (SSSR count). The lowest BCUT2D eigenvalue weighted by Crippen LogP contribution is -2.37. The lowest BCUT2D eigenvalue weighted by atomic mass is 10.3. The maximum Gasteiger partial charge on any atom is 0.317 e. The van der Waals surface area contributed by atoms with Crippen LogP contribution in [0.5, 0.6) is 0 Å². The quantitative estimate of drug-likeness (QED) is 0.705. The second-order valence-corrected chi connectivity index (χ2v) is 5.89. The van der Waals surface area contributed by atoms with Gasteiger partial charge in [-0.05, 0) is 26.2 Å². The molecule has 0 spiro atoms. The van der Waals surface area contributed by atoms with Crippen molar-refractivity contribution in [2.45, 2.75) is 4.90 Å². The molecule has 0 saturated carbocycles. The van der Waals surface area contributed by atoms with Gasteiger partial charge in [-0.1, -0.05) is 12.1 Å². The van der Waals surface area contributed by atoms with Crippen molar-refractivity contribution in [2.75, 3.05) is 46.0 Å². The molecule has 112 valence electrons. The van der Waals surface area contributed by atoms with Crippen LogP contribution in [-0.2, 0) is 4.79 Å². The number of nitrogens with zero attached hydrogens (tertiary/aromatic N) is 2. The van der Waals surface area contributed by atoms with E-state index in [2.05, 4.69) is 0 Å². The number of thioether (sulfide) groups is 1. The topological polar surface area (TPSA) is 43.8 Å². The molecular formula is C14H21FN2O2S. The van der Waals surface area contributed by atoms with Gasteiger partial charge in [0.2, 0.25) is 0 Å². The minimum atomic E-state index is -0.834. The first-order valence-electron chi connectivity index (χ1n) is 6.45. The lowest BCUT2D eigenvalue weighted by Gasteiger charge is -2.22. The fourth-order valence-corrected chi connectivity index (χ4v) is 2.60. The van der Waals surface area contributed by atoms with E-state index in [-0.39, 0.29) is 12.4 Å². The first-order chi connectivity index (χ1) is 9.49. The first kappa shape index (κ1) is 16.9. The van der Waals surface area contributed by atoms with Gasteiger partial charge in [-0.2, -0.15) is 0 Å². The molecule has 0 unspecified atom stereocenters. The van der Waals surface area contributed by atoms with Crippen molar-refractivity contribution in [3.05, 3.63) is 30.1 Å². The second kappa shape index (κ2) is 8.94. The second-order valence-electron chi connectivity index (χ2n) is 4.75. The van der Waals surface area contributed by atoms with Crippen molar-refractivity contribution in [3.63, 3.8) is 0 Å². The molecule has 0 saturated heterocycles. The number of halogens is 1. The molecule has 0 aliphatic heterocycles. The van der Waals surface area contributed by atoms with E-state index >= 15 is 0 Å². The number of benzene rings is 1. The smallest absolute Gasteiger partial charge is 0.317 e. The summed E-state index contributed by atoms with van der Waals surface area (Å²) in [6.07, 6.45) is 0. The molecule has 1 aromatic carbocycles. The van der Waals surface area contributed by atoms with E-state index in [4.69, 9.17) is 5.11 Å². The maximum atomic E-state index is 13.4. The molecule has 4 nitrogen and oxygen atoms in total. The van der Waals surface area contributed by atoms with E-state index in [1.807, 2.05) is 23.9 Å². The molecule has 0 radical (unpaired) electrons. The van der Waals surface area contributed by atoms with Crippen LogP contribution >= 0.6 is 11.8 Å². The maximum absolute atomic E-state index is 13.4. The van der Waals surface area contributed by atoms with Gasteiger partial charge >= 0.3 is 5.97 Å². The molecule has 0 aliphatic rings. The van der Waals surface area contributed by atoms with Crippen LogP contribution in [0.15, 0.2) is 29.2 Å². The average Bonchev–Trinajstić information content (AvgIpc) is 2.37. The van der Waals surface area contributed by atoms with Crippen LogP contribution in [0.3, 0.4) is 0 Å². The van der Waals surface area contributed by atoms with Gasteiger partial charge < -0.3 is 10.0 Å². The zero-order valence-corrected chi connectivity index (χ0v) is 12.7. The van der Waals surface area contributed by atoms with E-state index in [0.717, 1.165) is 6.54 Å². The predicted octanol–water partition coefficient (Wildman–Crippen LogP) is 1.87. The molecule has 1 aromatic rings. The van der Waals surface area contributed by atoms with Crippen LogP contribution in [0.4, 0.5) is 4.39 Å². The molecule has 0 heterocycles. The Bertz CT molecular complexity index is 429. The molecule has 0 fully saturated rings. The van der Waals surface area contributed by atoms with Crippen molar-refractivity contribution in [2.24, 2.45) is 0 Å². The summed E-state index contributed by atoms with van der Waals surface area (Å²) in [5, 5.41) is 8.89. The largest absolute Gasteiger partial charge is 0.480 e. The Labute approximate surface area is 123 Å². The summed E-state index contributed by atoms with van der Waals surface area (Å²) in [6, 6.07) is 6.63. The van der Waals surface area contributed by atoms with Crippen LogP contribution in [0.2, 0.25) is 0 Å². The summed E-state index contributed by atoms with van der Waals surface area (Å²) in [5.41, 5.74) is 0. The number of likely N-dealkylation sites (N-methyl/N-ethyl adjacent to an activating group) is 1. The minimum Gasteiger partial charge on any atom is -0.480 e. The van der Waals surface area contributed by atoms with Crippen LogP contribution in [0.1, 0.15) is 0 Å². The number of carbonyl (C=O) groups is 1. The van der Waals surface area contributed by atoms with Gasteiger partial charge in [0.05, 0.1) is 6.54 Å². The molecular weight excluding hydrogens is 279 g/mol. The Hall–Kier alpha value is -1.11. The van der Waals surface area contributed by atoms with E-state index in [9.17, 15) is 9.18 Å². The fraction of sp³-hybridized carbons (Fsp3) is 0.500.